The second-order valence-corrected chi connectivity index (χ2v) is 5.47. The van der Waals surface area contributed by atoms with Gasteiger partial charge in [-0.25, -0.2) is 4.39 Å². The summed E-state index contributed by atoms with van der Waals surface area (Å²) in [4.78, 5) is 13.5. The number of amides is 1. The lowest BCUT2D eigenvalue weighted by Gasteiger charge is -2.14. The Morgan fingerprint density at radius 3 is 2.86 bits per heavy atom. The molecule has 3 N–H and O–H groups in total. The van der Waals surface area contributed by atoms with Crippen LogP contribution in [-0.2, 0) is 0 Å². The van der Waals surface area contributed by atoms with E-state index in [1.807, 2.05) is 0 Å². The van der Waals surface area contributed by atoms with E-state index in [-0.39, 0.29) is 18.3 Å². The second-order valence-electron chi connectivity index (χ2n) is 4.39. The molecule has 0 radical (unpaired) electrons. The van der Waals surface area contributed by atoms with Crippen LogP contribution < -0.4 is 11.1 Å². The highest BCUT2D eigenvalue weighted by molar-refractivity contribution is 7.14. The number of rotatable bonds is 3. The number of halogens is 1. The van der Waals surface area contributed by atoms with Gasteiger partial charge in [0.1, 0.15) is 5.82 Å². The van der Waals surface area contributed by atoms with Crippen LogP contribution in [0.15, 0.2) is 36.4 Å². The Balaban J connectivity index is 2.07. The molecule has 0 fully saturated rings. The smallest absolute Gasteiger partial charge is 0.261 e. The zero-order valence-corrected chi connectivity index (χ0v) is 12.3. The fraction of sp³-hybridized carbons (Fsp3) is 0.188. The van der Waals surface area contributed by atoms with Gasteiger partial charge in [-0.3, -0.25) is 4.79 Å². The van der Waals surface area contributed by atoms with Crippen LogP contribution in [0.1, 0.15) is 33.1 Å². The number of thiophene rings is 1. The lowest BCUT2D eigenvalue weighted by Crippen LogP contribution is -2.26. The van der Waals surface area contributed by atoms with Crippen LogP contribution in [0, 0.1) is 17.7 Å². The molecular weight excluding hydrogens is 287 g/mol. The number of nitrogens with one attached hydrogen (secondary N) is 1. The van der Waals surface area contributed by atoms with Crippen molar-refractivity contribution in [1.29, 1.82) is 0 Å². The third kappa shape index (κ3) is 3.91. The monoisotopic (exact) mass is 302 g/mol. The van der Waals surface area contributed by atoms with Crippen molar-refractivity contribution in [3.63, 3.8) is 0 Å². The van der Waals surface area contributed by atoms with Crippen LogP contribution in [0.4, 0.5) is 4.39 Å². The van der Waals surface area contributed by atoms with Crippen LogP contribution in [0.2, 0.25) is 0 Å². The summed E-state index contributed by atoms with van der Waals surface area (Å²) < 4.78 is 13.7. The molecule has 1 heterocycles. The van der Waals surface area contributed by atoms with Crippen molar-refractivity contribution in [2.24, 2.45) is 5.73 Å². The topological polar surface area (TPSA) is 55.1 Å². The van der Waals surface area contributed by atoms with Gasteiger partial charge < -0.3 is 11.1 Å². The standard InChI is InChI=1S/C16H15FN2OS/c1-11(13-6-2-3-7-14(13)17)19-16(20)15-9-8-12(21-15)5-4-10-18/h2-3,6-9,11H,10,18H2,1H3,(H,19,20). The van der Waals surface area contributed by atoms with E-state index in [2.05, 4.69) is 17.2 Å². The second kappa shape index (κ2) is 7.02. The van der Waals surface area contributed by atoms with Gasteiger partial charge in [-0.2, -0.15) is 0 Å². The molecule has 5 heteroatoms. The maximum atomic E-state index is 13.7. The average molecular weight is 302 g/mol. The van der Waals surface area contributed by atoms with Gasteiger partial charge in [0.05, 0.1) is 22.3 Å². The van der Waals surface area contributed by atoms with Crippen molar-refractivity contribution in [3.8, 4) is 11.8 Å². The minimum atomic E-state index is -0.403. The molecule has 0 saturated heterocycles. The zero-order valence-electron chi connectivity index (χ0n) is 11.5. The molecule has 0 aliphatic carbocycles. The molecule has 2 aromatic rings. The van der Waals surface area contributed by atoms with Crippen LogP contribution in [0.3, 0.4) is 0 Å². The van der Waals surface area contributed by atoms with E-state index in [1.165, 1.54) is 17.4 Å². The van der Waals surface area contributed by atoms with E-state index >= 15 is 0 Å². The molecule has 0 bridgehead atoms. The highest BCUT2D eigenvalue weighted by Gasteiger charge is 2.15. The molecule has 1 unspecified atom stereocenters. The largest absolute Gasteiger partial charge is 0.345 e. The fourth-order valence-corrected chi connectivity index (χ4v) is 2.62. The first-order valence-corrected chi connectivity index (χ1v) is 7.27. The molecule has 2 rings (SSSR count). The van der Waals surface area contributed by atoms with E-state index in [9.17, 15) is 9.18 Å². The normalized spacial score (nSPS) is 11.4. The first kappa shape index (κ1) is 15.2. The van der Waals surface area contributed by atoms with Crippen molar-refractivity contribution in [2.45, 2.75) is 13.0 Å². The van der Waals surface area contributed by atoms with E-state index in [0.717, 1.165) is 4.88 Å². The molecule has 3 nitrogen and oxygen atoms in total. The van der Waals surface area contributed by atoms with Gasteiger partial charge >= 0.3 is 0 Å². The Bertz CT molecular complexity index is 700. The van der Waals surface area contributed by atoms with Crippen molar-refractivity contribution in [1.82, 2.24) is 5.32 Å². The lowest BCUT2D eigenvalue weighted by atomic mass is 10.1. The van der Waals surface area contributed by atoms with Gasteiger partial charge in [0.25, 0.3) is 5.91 Å². The molecule has 108 valence electrons. The molecular formula is C16H15FN2OS. The van der Waals surface area contributed by atoms with Gasteiger partial charge in [0.2, 0.25) is 0 Å². The number of hydrogen-bond donors (Lipinski definition) is 2. The lowest BCUT2D eigenvalue weighted by molar-refractivity contribution is 0.0943. The van der Waals surface area contributed by atoms with Gasteiger partial charge in [0.15, 0.2) is 0 Å². The van der Waals surface area contributed by atoms with Crippen molar-refractivity contribution >= 4 is 17.2 Å². The molecule has 21 heavy (non-hydrogen) atoms. The Labute approximate surface area is 127 Å². The van der Waals surface area contributed by atoms with E-state index < -0.39 is 6.04 Å². The minimum absolute atomic E-state index is 0.239. The maximum absolute atomic E-state index is 13.7. The van der Waals surface area contributed by atoms with Gasteiger partial charge in [-0.1, -0.05) is 30.0 Å². The van der Waals surface area contributed by atoms with Crippen LogP contribution in [0.5, 0.6) is 0 Å². The number of nitrogens with two attached hydrogens (primary N) is 1. The highest BCUT2D eigenvalue weighted by Crippen LogP contribution is 2.19. The minimum Gasteiger partial charge on any atom is -0.345 e. The number of benzene rings is 1. The summed E-state index contributed by atoms with van der Waals surface area (Å²) in [7, 11) is 0. The average Bonchev–Trinajstić information content (AvgIpc) is 2.94. The number of hydrogen-bond acceptors (Lipinski definition) is 3. The third-order valence-corrected chi connectivity index (χ3v) is 3.86. The first-order valence-electron chi connectivity index (χ1n) is 6.46. The summed E-state index contributed by atoms with van der Waals surface area (Å²) in [6, 6.07) is 9.47. The molecule has 0 saturated carbocycles. The molecule has 1 amide bonds. The highest BCUT2D eigenvalue weighted by atomic mass is 32.1. The summed E-state index contributed by atoms with van der Waals surface area (Å²) in [5.41, 5.74) is 5.77. The van der Waals surface area contributed by atoms with Crippen molar-refractivity contribution < 1.29 is 9.18 Å². The summed E-state index contributed by atoms with van der Waals surface area (Å²) in [6.45, 7) is 2.03. The zero-order chi connectivity index (χ0) is 15.2. The molecule has 0 spiro atoms. The molecule has 1 atom stereocenters. The molecule has 1 aromatic carbocycles. The van der Waals surface area contributed by atoms with Crippen LogP contribution in [0.25, 0.3) is 0 Å². The number of carbonyl (C=O) groups excluding carboxylic acids is 1. The summed E-state index contributed by atoms with van der Waals surface area (Å²) >= 11 is 1.29. The molecule has 0 aliphatic heterocycles. The number of carbonyl (C=O) groups is 1. The van der Waals surface area contributed by atoms with Crippen LogP contribution in [-0.4, -0.2) is 12.5 Å². The van der Waals surface area contributed by atoms with Crippen molar-refractivity contribution in [2.75, 3.05) is 6.54 Å². The SMILES string of the molecule is CC(NC(=O)c1ccc(C#CCN)s1)c1ccccc1F. The van der Waals surface area contributed by atoms with E-state index in [4.69, 9.17) is 5.73 Å². The Kier molecular flexibility index (Phi) is 5.09. The van der Waals surface area contributed by atoms with Gasteiger partial charge in [-0.05, 0) is 25.1 Å². The third-order valence-electron chi connectivity index (χ3n) is 2.86. The first-order chi connectivity index (χ1) is 10.1. The summed E-state index contributed by atoms with van der Waals surface area (Å²) in [5.74, 6) is 5.05. The summed E-state index contributed by atoms with van der Waals surface area (Å²) in [6.07, 6.45) is 0. The predicted molar refractivity (Wildman–Crippen MR) is 82.5 cm³/mol. The Hall–Kier alpha value is -2.16. The molecule has 1 aromatic heterocycles. The van der Waals surface area contributed by atoms with Gasteiger partial charge in [-0.15, -0.1) is 11.3 Å². The Morgan fingerprint density at radius 1 is 1.38 bits per heavy atom. The quantitative estimate of drug-likeness (QED) is 0.857. The molecule has 0 aliphatic rings. The Morgan fingerprint density at radius 2 is 2.14 bits per heavy atom. The van der Waals surface area contributed by atoms with Gasteiger partial charge in [0, 0.05) is 5.56 Å². The maximum Gasteiger partial charge on any atom is 0.261 e. The van der Waals surface area contributed by atoms with E-state index in [0.29, 0.717) is 10.4 Å². The van der Waals surface area contributed by atoms with Crippen molar-refractivity contribution in [3.05, 3.63) is 57.5 Å². The van der Waals surface area contributed by atoms with Crippen LogP contribution >= 0.6 is 11.3 Å². The predicted octanol–water partition coefficient (Wildman–Crippen LogP) is 2.69. The van der Waals surface area contributed by atoms with E-state index in [1.54, 1.807) is 37.3 Å². The summed E-state index contributed by atoms with van der Waals surface area (Å²) in [5, 5.41) is 2.78. The fourth-order valence-electron chi connectivity index (χ4n) is 1.84.